The van der Waals surface area contributed by atoms with E-state index in [1.807, 2.05) is 0 Å². The van der Waals surface area contributed by atoms with Gasteiger partial charge in [-0.15, -0.1) is 0 Å². The van der Waals surface area contributed by atoms with Gasteiger partial charge in [-0.25, -0.2) is 0 Å². The number of phenols is 1. The smallest absolute Gasteiger partial charge is 0.548 e. The Hall–Kier alpha value is -2.63. The van der Waals surface area contributed by atoms with E-state index in [0.717, 1.165) is 25.7 Å². The molecule has 0 saturated carbocycles. The Morgan fingerprint density at radius 1 is 0.796 bits per heavy atom. The Kier molecular flexibility index (Phi) is 20.6. The molecule has 11 nitrogen and oxygen atoms in total. The first kappa shape index (κ1) is 42.5. The predicted octanol–water partition coefficient (Wildman–Crippen LogP) is 0.753. The van der Waals surface area contributed by atoms with Crippen LogP contribution in [0, 0.1) is 0 Å². The van der Waals surface area contributed by atoms with Gasteiger partial charge in [0.05, 0.1) is 18.6 Å². The molecule has 1 unspecified atom stereocenters. The van der Waals surface area contributed by atoms with Gasteiger partial charge in [0.15, 0.2) is 0 Å². The molecule has 3 rings (SSSR count). The molecule has 12 heteroatoms. The second-order valence-electron chi connectivity index (χ2n) is 13.5. The zero-order chi connectivity index (χ0) is 34.7. The van der Waals surface area contributed by atoms with Gasteiger partial charge in [0.25, 0.3) is 0 Å². The van der Waals surface area contributed by atoms with E-state index in [1.165, 1.54) is 81.2 Å². The number of likely N-dealkylation sites (tertiary alicyclic amines) is 2. The molecule has 0 aromatic heterocycles. The van der Waals surface area contributed by atoms with Crippen LogP contribution < -0.4 is 45.3 Å². The Morgan fingerprint density at radius 2 is 1.33 bits per heavy atom. The summed E-state index contributed by atoms with van der Waals surface area (Å²) in [6, 6.07) is 3.28. The monoisotopic (exact) mass is 692 g/mol. The van der Waals surface area contributed by atoms with E-state index in [0.29, 0.717) is 44.3 Å². The number of hydrogen-bond donors (Lipinski definition) is 3. The van der Waals surface area contributed by atoms with Crippen molar-refractivity contribution >= 4 is 29.6 Å². The van der Waals surface area contributed by atoms with E-state index in [9.17, 15) is 34.2 Å². The fourth-order valence-electron chi connectivity index (χ4n) is 6.85. The van der Waals surface area contributed by atoms with Gasteiger partial charge in [0.1, 0.15) is 17.8 Å². The molecule has 4 amide bonds. The van der Waals surface area contributed by atoms with Gasteiger partial charge in [-0.1, -0.05) is 96.1 Å². The topological polar surface area (TPSA) is 159 Å². The van der Waals surface area contributed by atoms with Crippen LogP contribution in [-0.4, -0.2) is 82.3 Å². The van der Waals surface area contributed by atoms with E-state index >= 15 is 0 Å². The predicted molar refractivity (Wildman–Crippen MR) is 182 cm³/mol. The summed E-state index contributed by atoms with van der Waals surface area (Å²) in [4.78, 5) is 67.1. The minimum Gasteiger partial charge on any atom is -0.548 e. The third-order valence-corrected chi connectivity index (χ3v) is 9.61. The molecule has 49 heavy (non-hydrogen) atoms. The SMILES string of the molecule is CCCCCCCCCCCCCCCC(=O)N1CCC[C@H]1C(=O)N1CCC[C@H]1C(=O)NCC(=O)NC(Cc1ccc(O)cc1)C(=O)[O-].[Na+]. The largest absolute Gasteiger partial charge is 1.00 e. The zero-order valence-electron chi connectivity index (χ0n) is 29.9. The molecule has 3 N–H and O–H groups in total. The molecule has 2 fully saturated rings. The first-order valence-corrected chi connectivity index (χ1v) is 18.4. The second kappa shape index (κ2) is 23.7. The van der Waals surface area contributed by atoms with E-state index in [2.05, 4.69) is 17.6 Å². The van der Waals surface area contributed by atoms with Crippen molar-refractivity contribution in [3.8, 4) is 5.75 Å². The fourth-order valence-corrected chi connectivity index (χ4v) is 6.85. The standard InChI is InChI=1S/C37H58N4O7.Na/c1-2-3-4-5-6-7-8-9-10-11-12-13-14-19-34(44)40-24-16-18-32(40)36(46)41-25-15-17-31(41)35(45)38-27-33(43)39-30(37(47)48)26-28-20-22-29(42)23-21-28;/h20-23,30-32,42H,2-19,24-27H2,1H3,(H,38,45)(H,39,43)(H,47,48);/q;+1/p-1/t30?,31-,32-;/m0./s1. The van der Waals surface area contributed by atoms with Gasteiger partial charge in [0.2, 0.25) is 23.6 Å². The molecule has 0 aliphatic carbocycles. The van der Waals surface area contributed by atoms with Gasteiger partial charge < -0.3 is 35.4 Å². The number of amides is 4. The van der Waals surface area contributed by atoms with Crippen molar-refractivity contribution in [2.45, 2.75) is 147 Å². The van der Waals surface area contributed by atoms with Crippen LogP contribution in [0.15, 0.2) is 24.3 Å². The number of aromatic hydroxyl groups is 1. The van der Waals surface area contributed by atoms with Crippen LogP contribution in [0.2, 0.25) is 0 Å². The van der Waals surface area contributed by atoms with E-state index < -0.39 is 42.5 Å². The van der Waals surface area contributed by atoms with E-state index in [4.69, 9.17) is 0 Å². The first-order chi connectivity index (χ1) is 23.2. The minimum atomic E-state index is -1.47. The quantitative estimate of drug-likeness (QED) is 0.120. The van der Waals surface area contributed by atoms with Crippen LogP contribution in [0.3, 0.4) is 0 Å². The summed E-state index contributed by atoms with van der Waals surface area (Å²) in [6.45, 7) is 2.74. The third-order valence-electron chi connectivity index (χ3n) is 9.61. The number of hydrogen-bond acceptors (Lipinski definition) is 7. The van der Waals surface area contributed by atoms with Crippen LogP contribution in [0.4, 0.5) is 0 Å². The number of nitrogens with zero attached hydrogens (tertiary/aromatic N) is 2. The summed E-state index contributed by atoms with van der Waals surface area (Å²) >= 11 is 0. The second-order valence-corrected chi connectivity index (χ2v) is 13.5. The number of benzene rings is 1. The normalized spacial score (nSPS) is 17.7. The van der Waals surface area contributed by atoms with Gasteiger partial charge in [-0.05, 0) is 56.2 Å². The Morgan fingerprint density at radius 3 is 1.90 bits per heavy atom. The number of nitrogens with one attached hydrogen (secondary N) is 2. The van der Waals surface area contributed by atoms with Crippen molar-refractivity contribution in [2.75, 3.05) is 19.6 Å². The molecule has 0 radical (unpaired) electrons. The molecule has 3 atom stereocenters. The Bertz CT molecular complexity index is 1180. The third kappa shape index (κ3) is 15.0. The van der Waals surface area contributed by atoms with Crippen LogP contribution in [0.5, 0.6) is 5.75 Å². The number of aliphatic carboxylic acids is 1. The summed E-state index contributed by atoms with van der Waals surface area (Å²) in [7, 11) is 0. The first-order valence-electron chi connectivity index (χ1n) is 18.4. The van der Waals surface area contributed by atoms with Crippen molar-refractivity contribution in [3.63, 3.8) is 0 Å². The van der Waals surface area contributed by atoms with Crippen molar-refractivity contribution in [3.05, 3.63) is 29.8 Å². The van der Waals surface area contributed by atoms with E-state index in [1.54, 1.807) is 17.0 Å². The number of carboxylic acid groups (broad SMARTS) is 1. The van der Waals surface area contributed by atoms with Gasteiger partial charge in [-0.2, -0.15) is 0 Å². The Balaban J connectivity index is 0.00000833. The van der Waals surface area contributed by atoms with Gasteiger partial charge in [0, 0.05) is 19.5 Å². The van der Waals surface area contributed by atoms with Crippen LogP contribution in [0.1, 0.15) is 128 Å². The average molecular weight is 693 g/mol. The Labute approximate surface area is 314 Å². The van der Waals surface area contributed by atoms with Crippen molar-refractivity contribution < 1.29 is 63.7 Å². The van der Waals surface area contributed by atoms with Crippen molar-refractivity contribution in [2.24, 2.45) is 0 Å². The molecule has 2 heterocycles. The maximum absolute atomic E-state index is 13.6. The number of carbonyl (C=O) groups excluding carboxylic acids is 5. The van der Waals surface area contributed by atoms with Crippen molar-refractivity contribution in [1.82, 2.24) is 20.4 Å². The molecule has 0 spiro atoms. The number of carbonyl (C=O) groups is 5. The van der Waals surface area contributed by atoms with Crippen LogP contribution in [-0.2, 0) is 30.4 Å². The van der Waals surface area contributed by atoms with Crippen LogP contribution >= 0.6 is 0 Å². The summed E-state index contributed by atoms with van der Waals surface area (Å²) in [6.07, 6.45) is 18.8. The molecular weight excluding hydrogens is 635 g/mol. The summed E-state index contributed by atoms with van der Waals surface area (Å²) in [5.41, 5.74) is 0.579. The maximum atomic E-state index is 13.6. The minimum absolute atomic E-state index is 0. The summed E-state index contributed by atoms with van der Waals surface area (Å²) < 4.78 is 0. The molecule has 0 bridgehead atoms. The van der Waals surface area contributed by atoms with Crippen LogP contribution in [0.25, 0.3) is 0 Å². The molecule has 268 valence electrons. The van der Waals surface area contributed by atoms with Gasteiger partial charge >= 0.3 is 29.6 Å². The molecular formula is C37H57N4NaO7. The zero-order valence-corrected chi connectivity index (χ0v) is 31.9. The summed E-state index contributed by atoms with van der Waals surface area (Å²) in [5, 5.41) is 25.9. The summed E-state index contributed by atoms with van der Waals surface area (Å²) in [5.74, 6) is -2.85. The molecule has 2 aliphatic rings. The number of rotatable bonds is 22. The average Bonchev–Trinajstić information content (AvgIpc) is 3.77. The molecule has 2 saturated heterocycles. The fraction of sp³-hybridized carbons (Fsp3) is 0.703. The van der Waals surface area contributed by atoms with Crippen molar-refractivity contribution in [1.29, 1.82) is 0 Å². The van der Waals surface area contributed by atoms with E-state index in [-0.39, 0.29) is 53.5 Å². The molecule has 2 aliphatic heterocycles. The number of unbranched alkanes of at least 4 members (excludes halogenated alkanes) is 12. The number of phenolic OH excluding ortho intramolecular Hbond substituents is 1. The maximum Gasteiger partial charge on any atom is 1.00 e. The molecule has 1 aromatic carbocycles. The van der Waals surface area contributed by atoms with Gasteiger partial charge in [-0.3, -0.25) is 19.2 Å². The molecule has 1 aromatic rings. The number of carboxylic acids is 1.